The first-order valence-corrected chi connectivity index (χ1v) is 13.4. The predicted octanol–water partition coefficient (Wildman–Crippen LogP) is 6.70. The maximum Gasteiger partial charge on any atom is 0.229 e. The number of benzene rings is 2. The van der Waals surface area contributed by atoms with Gasteiger partial charge in [0.15, 0.2) is 5.11 Å². The minimum absolute atomic E-state index is 0.0978. The number of pyridine rings is 1. The van der Waals surface area contributed by atoms with E-state index < -0.39 is 5.41 Å². The highest BCUT2D eigenvalue weighted by molar-refractivity contribution is 7.80. The molecule has 1 aliphatic rings. The minimum Gasteiger partial charge on any atom is -0.494 e. The van der Waals surface area contributed by atoms with E-state index in [1.807, 2.05) is 93.7 Å². The molecule has 3 heterocycles. The van der Waals surface area contributed by atoms with Crippen molar-refractivity contribution in [3.05, 3.63) is 102 Å². The molecule has 1 fully saturated rings. The number of anilines is 2. The first kappa shape index (κ1) is 26.7. The van der Waals surface area contributed by atoms with Crippen LogP contribution >= 0.6 is 23.8 Å². The molecule has 0 spiro atoms. The summed E-state index contributed by atoms with van der Waals surface area (Å²) in [5, 5.41) is 7.69. The molecule has 0 radical (unpaired) electrons. The lowest BCUT2D eigenvalue weighted by Gasteiger charge is -2.29. The Bertz CT molecular complexity index is 1520. The Morgan fingerprint density at radius 1 is 1.05 bits per heavy atom. The van der Waals surface area contributed by atoms with Gasteiger partial charge in [-0.15, -0.1) is 0 Å². The Kier molecular flexibility index (Phi) is 7.34. The molecule has 7 nitrogen and oxygen atoms in total. The van der Waals surface area contributed by atoms with Crippen LogP contribution in [0.15, 0.2) is 85.2 Å². The lowest BCUT2D eigenvalue weighted by atomic mass is 9.95. The number of halogens is 1. The number of rotatable bonds is 6. The third-order valence-corrected chi connectivity index (χ3v) is 7.21. The van der Waals surface area contributed by atoms with E-state index in [0.29, 0.717) is 21.6 Å². The number of methoxy groups -OCH3 is 1. The Morgan fingerprint density at radius 2 is 1.87 bits per heavy atom. The summed E-state index contributed by atoms with van der Waals surface area (Å²) in [7, 11) is 1.59. The van der Waals surface area contributed by atoms with E-state index in [1.54, 1.807) is 13.3 Å². The number of thiocarbonyl (C=S) groups is 1. The zero-order chi connectivity index (χ0) is 27.7. The summed E-state index contributed by atoms with van der Waals surface area (Å²) in [6.07, 6.45) is 3.80. The van der Waals surface area contributed by atoms with Crippen molar-refractivity contribution in [3.63, 3.8) is 0 Å². The molecule has 2 aromatic heterocycles. The highest BCUT2D eigenvalue weighted by Crippen LogP contribution is 2.44. The molecular formula is C30H30ClN5O2S. The number of carbonyl (C=O) groups excluding carboxylic acids is 1. The van der Waals surface area contributed by atoms with Crippen LogP contribution < -0.4 is 20.3 Å². The van der Waals surface area contributed by atoms with E-state index >= 15 is 0 Å². The molecule has 2 N–H and O–H groups in total. The molecule has 5 rings (SSSR count). The van der Waals surface area contributed by atoms with Crippen LogP contribution in [0.25, 0.3) is 5.69 Å². The SMILES string of the molecule is COc1cc(N2C(=S)N[C@H](c3ccccn3)[C@@H]2c2cccn2-c2cccc(Cl)c2)ccc1NC(=O)C(C)(C)C. The van der Waals surface area contributed by atoms with Gasteiger partial charge in [-0.2, -0.15) is 0 Å². The average molecular weight is 560 g/mol. The van der Waals surface area contributed by atoms with E-state index in [2.05, 4.69) is 31.2 Å². The smallest absolute Gasteiger partial charge is 0.229 e. The number of hydrogen-bond acceptors (Lipinski definition) is 4. The summed E-state index contributed by atoms with van der Waals surface area (Å²) in [6.45, 7) is 5.61. The van der Waals surface area contributed by atoms with Crippen molar-refractivity contribution < 1.29 is 9.53 Å². The number of ether oxygens (including phenoxy) is 1. The van der Waals surface area contributed by atoms with Crippen LogP contribution in [0.4, 0.5) is 11.4 Å². The molecule has 0 bridgehead atoms. The van der Waals surface area contributed by atoms with Crippen molar-refractivity contribution in [2.24, 2.45) is 5.41 Å². The molecule has 1 aliphatic heterocycles. The van der Waals surface area contributed by atoms with Gasteiger partial charge in [0.1, 0.15) is 11.8 Å². The maximum absolute atomic E-state index is 12.7. The summed E-state index contributed by atoms with van der Waals surface area (Å²) < 4.78 is 7.82. The van der Waals surface area contributed by atoms with Crippen LogP contribution in [0.2, 0.25) is 5.02 Å². The normalized spacial score (nSPS) is 17.2. The first-order valence-electron chi connectivity index (χ1n) is 12.6. The van der Waals surface area contributed by atoms with Crippen molar-refractivity contribution >= 4 is 46.2 Å². The molecule has 2 aromatic carbocycles. The Balaban J connectivity index is 1.61. The molecule has 2 atom stereocenters. The zero-order valence-electron chi connectivity index (χ0n) is 22.2. The number of hydrogen-bond donors (Lipinski definition) is 2. The van der Waals surface area contributed by atoms with Gasteiger partial charge in [-0.25, -0.2) is 0 Å². The van der Waals surface area contributed by atoms with Crippen LogP contribution in [0.3, 0.4) is 0 Å². The lowest BCUT2D eigenvalue weighted by molar-refractivity contribution is -0.123. The minimum atomic E-state index is -0.545. The maximum atomic E-state index is 12.7. The van der Waals surface area contributed by atoms with Gasteiger partial charge in [0.2, 0.25) is 5.91 Å². The first-order chi connectivity index (χ1) is 18.7. The molecule has 200 valence electrons. The number of amides is 1. The van der Waals surface area contributed by atoms with Crippen molar-refractivity contribution in [2.75, 3.05) is 17.3 Å². The fraction of sp³-hybridized carbons (Fsp3) is 0.233. The number of carbonyl (C=O) groups is 1. The summed E-state index contributed by atoms with van der Waals surface area (Å²) in [5.41, 5.74) is 3.69. The van der Waals surface area contributed by atoms with E-state index in [0.717, 1.165) is 22.8 Å². The molecule has 1 amide bonds. The number of nitrogens with zero attached hydrogens (tertiary/aromatic N) is 3. The molecule has 4 aromatic rings. The Hall–Kier alpha value is -3.88. The van der Waals surface area contributed by atoms with Gasteiger partial charge < -0.3 is 24.8 Å². The highest BCUT2D eigenvalue weighted by atomic mass is 35.5. The largest absolute Gasteiger partial charge is 0.494 e. The number of aromatic nitrogens is 2. The van der Waals surface area contributed by atoms with Gasteiger partial charge in [0.25, 0.3) is 0 Å². The van der Waals surface area contributed by atoms with Crippen LogP contribution in [-0.4, -0.2) is 27.7 Å². The molecule has 1 saturated heterocycles. The second kappa shape index (κ2) is 10.7. The van der Waals surface area contributed by atoms with Gasteiger partial charge in [-0.05, 0) is 66.8 Å². The molecule has 9 heteroatoms. The third kappa shape index (κ3) is 5.35. The topological polar surface area (TPSA) is 71.4 Å². The van der Waals surface area contributed by atoms with Gasteiger partial charge in [-0.1, -0.05) is 44.5 Å². The van der Waals surface area contributed by atoms with E-state index in [1.165, 1.54) is 0 Å². The fourth-order valence-corrected chi connectivity index (χ4v) is 5.20. The standard InChI is InChI=1S/C30H30ClN5O2S/c1-30(2,3)28(37)33-22-14-13-21(18-25(22)38-4)36-27(26(34-29(36)39)23-11-5-6-15-32-23)24-12-8-16-35(24)20-10-7-9-19(31)17-20/h5-18,26-27H,1-4H3,(H,33,37)(H,34,39)/t26-,27+/m1/s1. The highest BCUT2D eigenvalue weighted by Gasteiger charge is 2.42. The fourth-order valence-electron chi connectivity index (χ4n) is 4.67. The molecule has 0 saturated carbocycles. The van der Waals surface area contributed by atoms with Gasteiger partial charge in [0, 0.05) is 46.0 Å². The second-order valence-corrected chi connectivity index (χ2v) is 11.2. The van der Waals surface area contributed by atoms with E-state index in [4.69, 9.17) is 28.6 Å². The summed E-state index contributed by atoms with van der Waals surface area (Å²) in [6, 6.07) is 22.9. The van der Waals surface area contributed by atoms with Gasteiger partial charge in [0.05, 0.1) is 24.5 Å². The van der Waals surface area contributed by atoms with Crippen LogP contribution in [0.5, 0.6) is 5.75 Å². The zero-order valence-corrected chi connectivity index (χ0v) is 23.8. The van der Waals surface area contributed by atoms with E-state index in [-0.39, 0.29) is 18.0 Å². The van der Waals surface area contributed by atoms with Gasteiger partial charge in [-0.3, -0.25) is 9.78 Å². The van der Waals surface area contributed by atoms with Crippen molar-refractivity contribution in [1.29, 1.82) is 0 Å². The summed E-state index contributed by atoms with van der Waals surface area (Å²) in [4.78, 5) is 19.4. The number of nitrogens with one attached hydrogen (secondary N) is 2. The predicted molar refractivity (Wildman–Crippen MR) is 160 cm³/mol. The van der Waals surface area contributed by atoms with Crippen LogP contribution in [0.1, 0.15) is 44.2 Å². The Labute approximate surface area is 238 Å². The summed E-state index contributed by atoms with van der Waals surface area (Å²) in [5.74, 6) is 0.442. The monoisotopic (exact) mass is 559 g/mol. The van der Waals surface area contributed by atoms with Crippen molar-refractivity contribution in [3.8, 4) is 11.4 Å². The molecule has 0 unspecified atom stereocenters. The quantitative estimate of drug-likeness (QED) is 0.256. The van der Waals surface area contributed by atoms with Crippen LogP contribution in [-0.2, 0) is 4.79 Å². The Morgan fingerprint density at radius 3 is 2.56 bits per heavy atom. The average Bonchev–Trinajstić information content (AvgIpc) is 3.53. The summed E-state index contributed by atoms with van der Waals surface area (Å²) >= 11 is 12.3. The second-order valence-electron chi connectivity index (χ2n) is 10.4. The molecular weight excluding hydrogens is 530 g/mol. The lowest BCUT2D eigenvalue weighted by Crippen LogP contribution is -2.30. The molecule has 39 heavy (non-hydrogen) atoms. The van der Waals surface area contributed by atoms with Crippen molar-refractivity contribution in [2.45, 2.75) is 32.9 Å². The van der Waals surface area contributed by atoms with Crippen molar-refractivity contribution in [1.82, 2.24) is 14.9 Å². The third-order valence-electron chi connectivity index (χ3n) is 6.66. The molecule has 0 aliphatic carbocycles. The van der Waals surface area contributed by atoms with Gasteiger partial charge >= 0.3 is 0 Å². The van der Waals surface area contributed by atoms with Crippen LogP contribution in [0, 0.1) is 5.41 Å². The van der Waals surface area contributed by atoms with E-state index in [9.17, 15) is 4.79 Å².